The molecule has 0 spiro atoms. The summed E-state index contributed by atoms with van der Waals surface area (Å²) in [6.45, 7) is 7.65. The van der Waals surface area contributed by atoms with Gasteiger partial charge < -0.3 is 24.7 Å². The zero-order valence-corrected chi connectivity index (χ0v) is 16.9. The molecule has 0 aromatic heterocycles. The molecule has 1 aliphatic carbocycles. The summed E-state index contributed by atoms with van der Waals surface area (Å²) in [4.78, 5) is 17.9. The number of allylic oxidation sites excluding steroid dienone is 3. The van der Waals surface area contributed by atoms with Crippen LogP contribution in [-0.4, -0.2) is 26.3 Å². The van der Waals surface area contributed by atoms with E-state index in [1.165, 1.54) is 0 Å². The number of aryl methyl sites for hydroxylation is 2. The van der Waals surface area contributed by atoms with Crippen LogP contribution >= 0.6 is 7.60 Å². The summed E-state index contributed by atoms with van der Waals surface area (Å²) in [7, 11) is -4.26. The van der Waals surface area contributed by atoms with Gasteiger partial charge in [-0.2, -0.15) is 0 Å². The maximum absolute atomic E-state index is 11.0. The van der Waals surface area contributed by atoms with Gasteiger partial charge in [0.25, 0.3) is 0 Å². The van der Waals surface area contributed by atoms with Crippen LogP contribution in [0.5, 0.6) is 5.75 Å². The minimum atomic E-state index is -4.26. The number of aliphatic hydroxyl groups excluding tert-OH is 2. The molecule has 0 bridgehead atoms. The summed E-state index contributed by atoms with van der Waals surface area (Å²) in [5.41, 5.74) is 3.82. The molecule has 1 aromatic carbocycles. The van der Waals surface area contributed by atoms with E-state index in [4.69, 9.17) is 14.5 Å². The smallest absolute Gasteiger partial charge is 0.362 e. The number of aliphatic hydroxyl groups is 2. The van der Waals surface area contributed by atoms with Gasteiger partial charge in [0.15, 0.2) is 6.35 Å². The molecule has 0 saturated carbocycles. The standard InChI is InChI=1S/C20H27O6P/c1-12(2)17-7-5-15(6-8-18(17)21)20(22)19-13(3)9-16(10-14(19)4)26-11-27(23,24)25/h5-6,8-10,12,20-22H,7,11H2,1-4H3,(H2,23,24,25). The van der Waals surface area contributed by atoms with Gasteiger partial charge in [-0.15, -0.1) is 0 Å². The largest absolute Gasteiger partial charge is 0.508 e. The van der Waals surface area contributed by atoms with Crippen LogP contribution in [0.1, 0.15) is 43.1 Å². The first-order chi connectivity index (χ1) is 12.5. The molecule has 148 valence electrons. The Morgan fingerprint density at radius 3 is 2.26 bits per heavy atom. The molecule has 0 aliphatic heterocycles. The molecular weight excluding hydrogens is 367 g/mol. The lowest BCUT2D eigenvalue weighted by molar-refractivity contribution is 0.217. The van der Waals surface area contributed by atoms with Gasteiger partial charge in [0.1, 0.15) is 17.6 Å². The average Bonchev–Trinajstić information content (AvgIpc) is 2.73. The molecule has 4 N–H and O–H groups in total. The normalized spacial score (nSPS) is 16.4. The second kappa shape index (κ2) is 8.44. The number of hydrogen-bond donors (Lipinski definition) is 4. The predicted octanol–water partition coefficient (Wildman–Crippen LogP) is 4.21. The monoisotopic (exact) mass is 394 g/mol. The fourth-order valence-corrected chi connectivity index (χ4v) is 3.51. The van der Waals surface area contributed by atoms with Crippen molar-refractivity contribution >= 4 is 7.60 Å². The lowest BCUT2D eigenvalue weighted by Crippen LogP contribution is -2.07. The zero-order valence-electron chi connectivity index (χ0n) is 16.0. The third-order valence-corrected chi connectivity index (χ3v) is 5.04. The Morgan fingerprint density at radius 2 is 1.74 bits per heavy atom. The molecule has 0 saturated heterocycles. The van der Waals surface area contributed by atoms with Gasteiger partial charge in [0.05, 0.1) is 0 Å². The molecule has 1 aliphatic rings. The van der Waals surface area contributed by atoms with Crippen molar-refractivity contribution < 1.29 is 29.3 Å². The van der Waals surface area contributed by atoms with Crippen molar-refractivity contribution in [2.24, 2.45) is 5.92 Å². The van der Waals surface area contributed by atoms with Gasteiger partial charge in [0.2, 0.25) is 0 Å². The highest BCUT2D eigenvalue weighted by Gasteiger charge is 2.21. The number of rotatable bonds is 6. The van der Waals surface area contributed by atoms with Gasteiger partial charge in [-0.1, -0.05) is 26.0 Å². The van der Waals surface area contributed by atoms with E-state index in [1.54, 1.807) is 24.3 Å². The SMILES string of the molecule is Cc1cc(OCP(=O)(O)O)cc(C)c1C(O)C1=CCC(C(C)C)=C(O)C=C1. The van der Waals surface area contributed by atoms with Crippen molar-refractivity contribution in [2.75, 3.05) is 6.35 Å². The van der Waals surface area contributed by atoms with Crippen molar-refractivity contribution in [1.29, 1.82) is 0 Å². The second-order valence-electron chi connectivity index (χ2n) is 7.12. The van der Waals surface area contributed by atoms with Crippen LogP contribution in [0.4, 0.5) is 0 Å². The molecule has 1 unspecified atom stereocenters. The molecule has 2 rings (SSSR count). The van der Waals surface area contributed by atoms with Gasteiger partial charge in [-0.25, -0.2) is 0 Å². The van der Waals surface area contributed by atoms with Gasteiger partial charge in [0, 0.05) is 0 Å². The van der Waals surface area contributed by atoms with Crippen molar-refractivity contribution in [3.05, 3.63) is 64.0 Å². The first kappa shape index (κ1) is 21.5. The van der Waals surface area contributed by atoms with Crippen molar-refractivity contribution in [3.8, 4) is 5.75 Å². The third kappa shape index (κ3) is 5.56. The van der Waals surface area contributed by atoms with E-state index in [0.29, 0.717) is 23.3 Å². The van der Waals surface area contributed by atoms with Crippen LogP contribution in [0, 0.1) is 19.8 Å². The third-order valence-electron chi connectivity index (χ3n) is 4.57. The van der Waals surface area contributed by atoms with E-state index < -0.39 is 20.0 Å². The predicted molar refractivity (Wildman–Crippen MR) is 105 cm³/mol. The molecule has 0 heterocycles. The van der Waals surface area contributed by atoms with Crippen LogP contribution in [0.2, 0.25) is 0 Å². The highest BCUT2D eigenvalue weighted by atomic mass is 31.2. The minimum Gasteiger partial charge on any atom is -0.508 e. The minimum absolute atomic E-state index is 0.205. The lowest BCUT2D eigenvalue weighted by Gasteiger charge is -2.19. The molecule has 1 aromatic rings. The summed E-state index contributed by atoms with van der Waals surface area (Å²) >= 11 is 0. The van der Waals surface area contributed by atoms with Crippen LogP contribution in [0.15, 0.2) is 47.3 Å². The summed E-state index contributed by atoms with van der Waals surface area (Å²) in [5.74, 6) is 0.783. The molecular formula is C20H27O6P. The van der Waals surface area contributed by atoms with Crippen LogP contribution in [-0.2, 0) is 4.57 Å². The molecule has 0 fully saturated rings. The summed E-state index contributed by atoms with van der Waals surface area (Å²) < 4.78 is 16.2. The first-order valence-electron chi connectivity index (χ1n) is 8.76. The number of ether oxygens (including phenoxy) is 1. The van der Waals surface area contributed by atoms with Crippen molar-refractivity contribution in [1.82, 2.24) is 0 Å². The molecule has 0 radical (unpaired) electrons. The van der Waals surface area contributed by atoms with E-state index in [-0.39, 0.29) is 11.7 Å². The summed E-state index contributed by atoms with van der Waals surface area (Å²) in [6, 6.07) is 3.30. The average molecular weight is 394 g/mol. The van der Waals surface area contributed by atoms with Crippen molar-refractivity contribution in [2.45, 2.75) is 40.2 Å². The van der Waals surface area contributed by atoms with E-state index in [1.807, 2.05) is 33.8 Å². The Balaban J connectivity index is 2.28. The molecule has 0 amide bonds. The molecule has 7 heteroatoms. The maximum Gasteiger partial charge on any atom is 0.362 e. The fraction of sp³-hybridized carbons (Fsp3) is 0.400. The molecule has 1 atom stereocenters. The Bertz CT molecular complexity index is 821. The molecule has 6 nitrogen and oxygen atoms in total. The van der Waals surface area contributed by atoms with Gasteiger partial charge in [-0.3, -0.25) is 4.57 Å². The summed E-state index contributed by atoms with van der Waals surface area (Å²) in [5, 5.41) is 21.1. The second-order valence-corrected chi connectivity index (χ2v) is 8.71. The summed E-state index contributed by atoms with van der Waals surface area (Å²) in [6.07, 6.45) is 4.23. The Morgan fingerprint density at radius 1 is 1.15 bits per heavy atom. The first-order valence-corrected chi connectivity index (χ1v) is 10.6. The van der Waals surface area contributed by atoms with Gasteiger partial charge in [-0.05, 0) is 72.2 Å². The van der Waals surface area contributed by atoms with Crippen LogP contribution in [0.25, 0.3) is 0 Å². The van der Waals surface area contributed by atoms with E-state index >= 15 is 0 Å². The van der Waals surface area contributed by atoms with Crippen LogP contribution in [0.3, 0.4) is 0 Å². The van der Waals surface area contributed by atoms with E-state index in [0.717, 1.165) is 16.7 Å². The molecule has 27 heavy (non-hydrogen) atoms. The highest BCUT2D eigenvalue weighted by Crippen LogP contribution is 2.37. The Labute approximate surface area is 159 Å². The highest BCUT2D eigenvalue weighted by molar-refractivity contribution is 7.51. The fourth-order valence-electron chi connectivity index (χ4n) is 3.19. The number of benzene rings is 1. The zero-order chi connectivity index (χ0) is 20.4. The van der Waals surface area contributed by atoms with E-state index in [2.05, 4.69) is 0 Å². The van der Waals surface area contributed by atoms with Crippen LogP contribution < -0.4 is 4.74 Å². The number of hydrogen-bond acceptors (Lipinski definition) is 4. The van der Waals surface area contributed by atoms with E-state index in [9.17, 15) is 14.8 Å². The quantitative estimate of drug-likeness (QED) is 0.539. The van der Waals surface area contributed by atoms with Gasteiger partial charge >= 0.3 is 7.60 Å². The lowest BCUT2D eigenvalue weighted by atomic mass is 9.92. The van der Waals surface area contributed by atoms with Crippen molar-refractivity contribution in [3.63, 3.8) is 0 Å². The Hall–Kier alpha value is -1.85. The maximum atomic E-state index is 11.0. The topological polar surface area (TPSA) is 107 Å². The Kier molecular flexibility index (Phi) is 6.71.